The third kappa shape index (κ3) is 4.67. The first-order valence-corrected chi connectivity index (χ1v) is 7.44. The smallest absolute Gasteiger partial charge is 0.349 e. The van der Waals surface area contributed by atoms with Gasteiger partial charge in [0.2, 0.25) is 12.2 Å². The fourth-order valence-electron chi connectivity index (χ4n) is 2.03. The van der Waals surface area contributed by atoms with Crippen LogP contribution in [0, 0.1) is 0 Å². The molecule has 0 aliphatic rings. The number of aliphatic carboxylic acids is 1. The van der Waals surface area contributed by atoms with E-state index < -0.39 is 36.0 Å². The van der Waals surface area contributed by atoms with Crippen molar-refractivity contribution in [1.29, 1.82) is 0 Å². The molecule has 134 valence electrons. The number of carboxylic acids is 1. The second kappa shape index (κ2) is 8.43. The van der Waals surface area contributed by atoms with Crippen molar-refractivity contribution in [3.63, 3.8) is 0 Å². The lowest BCUT2D eigenvalue weighted by Crippen LogP contribution is -2.48. The van der Waals surface area contributed by atoms with E-state index in [1.54, 1.807) is 36.4 Å². The van der Waals surface area contributed by atoms with Gasteiger partial charge in [0, 0.05) is 0 Å². The van der Waals surface area contributed by atoms with Crippen molar-refractivity contribution in [2.45, 2.75) is 12.2 Å². The Labute approximate surface area is 148 Å². The molecule has 2 atom stereocenters. The lowest BCUT2D eigenvalue weighted by Gasteiger charge is -2.21. The fourth-order valence-corrected chi connectivity index (χ4v) is 2.03. The molecular formula is C18H15NO7. The number of carbonyl (C=O) groups excluding carboxylic acids is 3. The highest BCUT2D eigenvalue weighted by atomic mass is 16.6. The Bertz CT molecular complexity index is 735. The molecule has 8 heteroatoms. The predicted octanol–water partition coefficient (Wildman–Crippen LogP) is 1.01. The minimum Gasteiger partial charge on any atom is -0.478 e. The van der Waals surface area contributed by atoms with Crippen molar-refractivity contribution in [3.8, 4) is 0 Å². The van der Waals surface area contributed by atoms with Crippen molar-refractivity contribution < 1.29 is 33.8 Å². The Morgan fingerprint density at radius 2 is 1.12 bits per heavy atom. The third-order valence-corrected chi connectivity index (χ3v) is 3.29. The minimum absolute atomic E-state index is 0.0661. The van der Waals surface area contributed by atoms with Gasteiger partial charge in [0.25, 0.3) is 5.91 Å². The Morgan fingerprint density at radius 1 is 0.731 bits per heavy atom. The quantitative estimate of drug-likeness (QED) is 0.706. The highest BCUT2D eigenvalue weighted by Crippen LogP contribution is 2.12. The standard InChI is InChI=1S/C18H15NO7/c19-15(20)13(25-17(23)11-7-3-1-4-8-11)14(16(21)22)26-18(24)12-9-5-2-6-10-12/h1-10,13-14H,(H2,19,20)(H,21,22)/t13-,14-/m1/s1. The average Bonchev–Trinajstić information content (AvgIpc) is 2.65. The molecule has 0 fully saturated rings. The van der Waals surface area contributed by atoms with E-state index in [1.165, 1.54) is 24.3 Å². The maximum Gasteiger partial charge on any atom is 0.349 e. The van der Waals surface area contributed by atoms with Gasteiger partial charge >= 0.3 is 17.9 Å². The Morgan fingerprint density at radius 3 is 1.46 bits per heavy atom. The lowest BCUT2D eigenvalue weighted by atomic mass is 10.1. The summed E-state index contributed by atoms with van der Waals surface area (Å²) in [7, 11) is 0. The van der Waals surface area contributed by atoms with E-state index >= 15 is 0 Å². The second-order valence-electron chi connectivity index (χ2n) is 5.12. The van der Waals surface area contributed by atoms with Gasteiger partial charge in [0.1, 0.15) is 0 Å². The number of nitrogens with two attached hydrogens (primary N) is 1. The SMILES string of the molecule is NC(=O)[C@H](OC(=O)c1ccccc1)[C@@H](OC(=O)c1ccccc1)C(=O)O. The molecule has 1 amide bonds. The summed E-state index contributed by atoms with van der Waals surface area (Å²) in [5.41, 5.74) is 5.29. The van der Waals surface area contributed by atoms with Crippen LogP contribution < -0.4 is 5.73 Å². The molecule has 8 nitrogen and oxygen atoms in total. The van der Waals surface area contributed by atoms with Gasteiger partial charge in [-0.3, -0.25) is 4.79 Å². The fraction of sp³-hybridized carbons (Fsp3) is 0.111. The molecular weight excluding hydrogens is 342 g/mol. The number of rotatable bonds is 7. The van der Waals surface area contributed by atoms with Gasteiger partial charge in [0.05, 0.1) is 11.1 Å². The van der Waals surface area contributed by atoms with Crippen molar-refractivity contribution in [2.24, 2.45) is 5.73 Å². The van der Waals surface area contributed by atoms with E-state index in [0.29, 0.717) is 0 Å². The van der Waals surface area contributed by atoms with Crippen LogP contribution in [-0.4, -0.2) is 41.1 Å². The average molecular weight is 357 g/mol. The molecule has 0 aliphatic carbocycles. The summed E-state index contributed by atoms with van der Waals surface area (Å²) in [6.45, 7) is 0. The van der Waals surface area contributed by atoms with E-state index in [0.717, 1.165) is 0 Å². The van der Waals surface area contributed by atoms with Crippen LogP contribution in [0.15, 0.2) is 60.7 Å². The van der Waals surface area contributed by atoms with Crippen molar-refractivity contribution in [1.82, 2.24) is 0 Å². The number of esters is 2. The van der Waals surface area contributed by atoms with Crippen molar-refractivity contribution >= 4 is 23.8 Å². The van der Waals surface area contributed by atoms with Gasteiger partial charge in [-0.15, -0.1) is 0 Å². The normalized spacial score (nSPS) is 12.5. The molecule has 0 spiro atoms. The van der Waals surface area contributed by atoms with Crippen LogP contribution in [0.4, 0.5) is 0 Å². The largest absolute Gasteiger partial charge is 0.478 e. The molecule has 0 saturated carbocycles. The first-order chi connectivity index (χ1) is 12.4. The number of carboxylic acid groups (broad SMARTS) is 1. The number of primary amides is 1. The summed E-state index contributed by atoms with van der Waals surface area (Å²) in [6.07, 6.45) is -4.08. The second-order valence-corrected chi connectivity index (χ2v) is 5.12. The molecule has 0 unspecified atom stereocenters. The lowest BCUT2D eigenvalue weighted by molar-refractivity contribution is -0.158. The van der Waals surface area contributed by atoms with Gasteiger partial charge < -0.3 is 20.3 Å². The molecule has 0 bridgehead atoms. The van der Waals surface area contributed by atoms with E-state index in [-0.39, 0.29) is 11.1 Å². The van der Waals surface area contributed by atoms with Crippen LogP contribution in [-0.2, 0) is 19.1 Å². The van der Waals surface area contributed by atoms with Gasteiger partial charge in [-0.2, -0.15) is 0 Å². The summed E-state index contributed by atoms with van der Waals surface area (Å²) >= 11 is 0. The predicted molar refractivity (Wildman–Crippen MR) is 88.1 cm³/mol. The Balaban J connectivity index is 2.20. The van der Waals surface area contributed by atoms with Crippen LogP contribution in [0.5, 0.6) is 0 Å². The maximum atomic E-state index is 12.1. The van der Waals surface area contributed by atoms with E-state index in [2.05, 4.69) is 0 Å². The minimum atomic E-state index is -2.09. The summed E-state index contributed by atoms with van der Waals surface area (Å²) in [6, 6.07) is 15.1. The van der Waals surface area contributed by atoms with Gasteiger partial charge in [-0.1, -0.05) is 36.4 Å². The third-order valence-electron chi connectivity index (χ3n) is 3.29. The molecule has 0 aromatic heterocycles. The van der Waals surface area contributed by atoms with Gasteiger partial charge in [-0.25, -0.2) is 14.4 Å². The Hall–Kier alpha value is -3.68. The molecule has 3 N–H and O–H groups in total. The zero-order valence-electron chi connectivity index (χ0n) is 13.4. The molecule has 0 saturated heterocycles. The van der Waals surface area contributed by atoms with Gasteiger partial charge in [-0.05, 0) is 24.3 Å². The number of hydrogen-bond donors (Lipinski definition) is 2. The number of hydrogen-bond acceptors (Lipinski definition) is 6. The number of benzene rings is 2. The first kappa shape index (κ1) is 18.7. The van der Waals surface area contributed by atoms with Crippen LogP contribution >= 0.6 is 0 Å². The first-order valence-electron chi connectivity index (χ1n) is 7.44. The summed E-state index contributed by atoms with van der Waals surface area (Å²) in [4.78, 5) is 47.2. The highest BCUT2D eigenvalue weighted by molar-refractivity contribution is 5.96. The Kier molecular flexibility index (Phi) is 6.05. The molecule has 0 heterocycles. The van der Waals surface area contributed by atoms with E-state index in [4.69, 9.17) is 15.2 Å². The summed E-state index contributed by atoms with van der Waals surface area (Å²) in [5, 5.41) is 9.30. The molecule has 2 rings (SSSR count). The van der Waals surface area contributed by atoms with E-state index in [1.807, 2.05) is 0 Å². The molecule has 2 aromatic rings. The van der Waals surface area contributed by atoms with Crippen LogP contribution in [0.1, 0.15) is 20.7 Å². The molecule has 2 aromatic carbocycles. The van der Waals surface area contributed by atoms with Crippen LogP contribution in [0.3, 0.4) is 0 Å². The molecule has 0 radical (unpaired) electrons. The van der Waals surface area contributed by atoms with Crippen LogP contribution in [0.25, 0.3) is 0 Å². The number of ether oxygens (including phenoxy) is 2. The zero-order chi connectivity index (χ0) is 19.1. The zero-order valence-corrected chi connectivity index (χ0v) is 13.4. The topological polar surface area (TPSA) is 133 Å². The summed E-state index contributed by atoms with van der Waals surface area (Å²) < 4.78 is 9.73. The van der Waals surface area contributed by atoms with Crippen molar-refractivity contribution in [2.75, 3.05) is 0 Å². The van der Waals surface area contributed by atoms with Crippen LogP contribution in [0.2, 0.25) is 0 Å². The molecule has 26 heavy (non-hydrogen) atoms. The summed E-state index contributed by atoms with van der Waals surface area (Å²) in [5.74, 6) is -4.92. The number of amides is 1. The molecule has 0 aliphatic heterocycles. The van der Waals surface area contributed by atoms with Gasteiger partial charge in [0.15, 0.2) is 0 Å². The van der Waals surface area contributed by atoms with E-state index in [9.17, 15) is 24.3 Å². The monoisotopic (exact) mass is 357 g/mol. The maximum absolute atomic E-state index is 12.1. The highest BCUT2D eigenvalue weighted by Gasteiger charge is 2.39. The van der Waals surface area contributed by atoms with Crippen molar-refractivity contribution in [3.05, 3.63) is 71.8 Å². The number of carbonyl (C=O) groups is 4.